The van der Waals surface area contributed by atoms with E-state index in [1.165, 1.54) is 44.9 Å². The molecule has 9 heteroatoms. The van der Waals surface area contributed by atoms with Gasteiger partial charge in [0.2, 0.25) is 5.91 Å². The van der Waals surface area contributed by atoms with Crippen molar-refractivity contribution >= 4 is 5.91 Å². The van der Waals surface area contributed by atoms with Crippen LogP contribution in [-0.2, 0) is 14.3 Å². The number of unbranched alkanes of at least 4 members (excludes halogenated alkanes) is 12. The van der Waals surface area contributed by atoms with Crippen molar-refractivity contribution in [3.05, 3.63) is 122 Å². The molecule has 9 nitrogen and oxygen atoms in total. The summed E-state index contributed by atoms with van der Waals surface area (Å²) in [5.41, 5.74) is 0. The van der Waals surface area contributed by atoms with Gasteiger partial charge in [0.15, 0.2) is 6.29 Å². The highest BCUT2D eigenvalue weighted by Crippen LogP contribution is 2.22. The van der Waals surface area contributed by atoms with Crippen molar-refractivity contribution in [2.24, 2.45) is 0 Å². The van der Waals surface area contributed by atoms with Crippen LogP contribution in [0.25, 0.3) is 0 Å². The molecule has 0 aromatic rings. The Hall–Kier alpha value is -3.41. The summed E-state index contributed by atoms with van der Waals surface area (Å²) in [4.78, 5) is 13.0. The van der Waals surface area contributed by atoms with E-state index in [9.17, 15) is 30.3 Å². The Morgan fingerprint density at radius 1 is 0.538 bits per heavy atom. The molecule has 7 unspecified atom stereocenters. The lowest BCUT2D eigenvalue weighted by Crippen LogP contribution is -2.60. The van der Waals surface area contributed by atoms with Crippen LogP contribution in [0.1, 0.15) is 168 Å². The van der Waals surface area contributed by atoms with E-state index in [0.29, 0.717) is 12.8 Å². The molecule has 1 heterocycles. The maximum atomic E-state index is 13.0. The molecule has 0 aliphatic carbocycles. The highest BCUT2D eigenvalue weighted by atomic mass is 16.7. The minimum Gasteiger partial charge on any atom is -0.394 e. The van der Waals surface area contributed by atoms with Crippen molar-refractivity contribution in [2.75, 3.05) is 13.2 Å². The van der Waals surface area contributed by atoms with Gasteiger partial charge in [0, 0.05) is 6.42 Å². The maximum Gasteiger partial charge on any atom is 0.220 e. The Morgan fingerprint density at radius 3 is 1.42 bits per heavy atom. The molecule has 1 saturated heterocycles. The van der Waals surface area contributed by atoms with Gasteiger partial charge in [0.25, 0.3) is 0 Å². The minimum absolute atomic E-state index is 0.210. The lowest BCUT2D eigenvalue weighted by molar-refractivity contribution is -0.302. The Morgan fingerprint density at radius 2 is 0.954 bits per heavy atom. The summed E-state index contributed by atoms with van der Waals surface area (Å²) < 4.78 is 11.2. The van der Waals surface area contributed by atoms with Gasteiger partial charge in [-0.15, -0.1) is 0 Å². The first-order valence-corrected chi connectivity index (χ1v) is 25.3. The zero-order valence-electron chi connectivity index (χ0n) is 40.4. The number of carbonyl (C=O) groups is 1. The van der Waals surface area contributed by atoms with E-state index in [0.717, 1.165) is 96.3 Å². The van der Waals surface area contributed by atoms with Crippen LogP contribution in [-0.4, -0.2) is 87.5 Å². The normalized spacial score (nSPS) is 21.0. The van der Waals surface area contributed by atoms with E-state index in [-0.39, 0.29) is 12.5 Å². The lowest BCUT2D eigenvalue weighted by Gasteiger charge is -2.40. The second-order valence-electron chi connectivity index (χ2n) is 16.9. The molecule has 1 aliphatic rings. The number of carbonyl (C=O) groups excluding carboxylic acids is 1. The largest absolute Gasteiger partial charge is 0.394 e. The quantitative estimate of drug-likeness (QED) is 0.0263. The summed E-state index contributed by atoms with van der Waals surface area (Å²) >= 11 is 0. The van der Waals surface area contributed by atoms with Gasteiger partial charge >= 0.3 is 0 Å². The molecular formula is C56H91NO8. The van der Waals surface area contributed by atoms with E-state index in [2.05, 4.69) is 129 Å². The maximum absolute atomic E-state index is 13.0. The van der Waals surface area contributed by atoms with Gasteiger partial charge in [0.1, 0.15) is 24.4 Å². The molecule has 65 heavy (non-hydrogen) atoms. The van der Waals surface area contributed by atoms with Gasteiger partial charge in [-0.3, -0.25) is 4.79 Å². The minimum atomic E-state index is -1.58. The highest BCUT2D eigenvalue weighted by molar-refractivity contribution is 5.76. The fraction of sp³-hybridized carbons (Fsp3) is 0.625. The molecule has 0 radical (unpaired) electrons. The first-order valence-electron chi connectivity index (χ1n) is 25.3. The van der Waals surface area contributed by atoms with Gasteiger partial charge in [-0.05, 0) is 89.9 Å². The van der Waals surface area contributed by atoms with Crippen molar-refractivity contribution in [3.63, 3.8) is 0 Å². The van der Waals surface area contributed by atoms with E-state index in [4.69, 9.17) is 9.47 Å². The SMILES string of the molecule is CC/C=C\C/C=C\C/C=C\C/C=C\C/C=C\C/C=C\C/C=C\C/C=C\C/C=C\CCCCCC(=O)NC(COC1OC(CO)C(O)C(O)C1O)C(O)/C=C/CCCCCCCCCCC. The van der Waals surface area contributed by atoms with Crippen LogP contribution in [0, 0.1) is 0 Å². The molecule has 368 valence electrons. The molecule has 1 amide bonds. The number of nitrogens with one attached hydrogen (secondary N) is 1. The van der Waals surface area contributed by atoms with Crippen molar-refractivity contribution in [1.29, 1.82) is 0 Å². The van der Waals surface area contributed by atoms with Crippen LogP contribution in [0.4, 0.5) is 0 Å². The predicted octanol–water partition coefficient (Wildman–Crippen LogP) is 11.6. The highest BCUT2D eigenvalue weighted by Gasteiger charge is 2.44. The average molecular weight is 906 g/mol. The molecule has 0 bridgehead atoms. The molecule has 1 aliphatic heterocycles. The second kappa shape index (κ2) is 44.4. The van der Waals surface area contributed by atoms with Gasteiger partial charge in [-0.1, -0.05) is 193 Å². The smallest absolute Gasteiger partial charge is 0.220 e. The van der Waals surface area contributed by atoms with Gasteiger partial charge in [-0.2, -0.15) is 0 Å². The molecule has 1 rings (SSSR count). The molecule has 7 atom stereocenters. The molecular weight excluding hydrogens is 815 g/mol. The number of aliphatic hydroxyl groups excluding tert-OH is 5. The summed E-state index contributed by atoms with van der Waals surface area (Å²) in [6.45, 7) is 3.60. The van der Waals surface area contributed by atoms with E-state index in [1.807, 2.05) is 6.08 Å². The first-order chi connectivity index (χ1) is 31.8. The van der Waals surface area contributed by atoms with Crippen LogP contribution in [0.2, 0.25) is 0 Å². The first kappa shape index (κ1) is 59.6. The lowest BCUT2D eigenvalue weighted by atomic mass is 9.99. The monoisotopic (exact) mass is 906 g/mol. The van der Waals surface area contributed by atoms with Gasteiger partial charge in [-0.25, -0.2) is 0 Å². The van der Waals surface area contributed by atoms with Crippen LogP contribution >= 0.6 is 0 Å². The van der Waals surface area contributed by atoms with Crippen molar-refractivity contribution in [2.45, 2.75) is 211 Å². The number of hydrogen-bond acceptors (Lipinski definition) is 8. The van der Waals surface area contributed by atoms with Gasteiger partial charge in [0.05, 0.1) is 25.4 Å². The van der Waals surface area contributed by atoms with Crippen LogP contribution < -0.4 is 5.32 Å². The Bertz CT molecular complexity index is 1420. The van der Waals surface area contributed by atoms with Crippen LogP contribution in [0.15, 0.2) is 122 Å². The summed E-state index contributed by atoms with van der Waals surface area (Å²) in [6, 6.07) is -0.830. The number of aliphatic hydroxyl groups is 5. The zero-order valence-corrected chi connectivity index (χ0v) is 40.4. The van der Waals surface area contributed by atoms with Crippen LogP contribution in [0.3, 0.4) is 0 Å². The third-order valence-corrected chi connectivity index (χ3v) is 11.0. The van der Waals surface area contributed by atoms with E-state index < -0.39 is 49.5 Å². The fourth-order valence-electron chi connectivity index (χ4n) is 7.03. The van der Waals surface area contributed by atoms with Crippen LogP contribution in [0.5, 0.6) is 0 Å². The van der Waals surface area contributed by atoms with Crippen molar-refractivity contribution in [1.82, 2.24) is 5.32 Å². The average Bonchev–Trinajstić information content (AvgIpc) is 3.31. The topological polar surface area (TPSA) is 149 Å². The summed E-state index contributed by atoms with van der Waals surface area (Å²) in [6.07, 6.45) is 59.6. The van der Waals surface area contributed by atoms with Crippen molar-refractivity contribution < 1.29 is 39.8 Å². The Kier molecular flexibility index (Phi) is 40.7. The summed E-state index contributed by atoms with van der Waals surface area (Å²) in [7, 11) is 0. The number of amides is 1. The second-order valence-corrected chi connectivity index (χ2v) is 16.9. The number of hydrogen-bond donors (Lipinski definition) is 6. The van der Waals surface area contributed by atoms with Gasteiger partial charge < -0.3 is 40.3 Å². The Balaban J connectivity index is 2.28. The molecule has 6 N–H and O–H groups in total. The number of ether oxygens (including phenoxy) is 2. The predicted molar refractivity (Wildman–Crippen MR) is 271 cm³/mol. The van der Waals surface area contributed by atoms with Crippen molar-refractivity contribution in [3.8, 4) is 0 Å². The molecule has 1 fully saturated rings. The standard InChI is InChI=1S/C56H91NO8/c1-3-5-7-9-11-13-15-16-17-18-19-20-21-22-23-24-25-26-27-28-29-30-31-32-33-34-36-38-40-42-44-46-52(60)57-49(48-64-56-55(63)54(62)53(61)51(47-58)65-56)50(59)45-43-41-39-37-35-14-12-10-8-6-4-2/h5,7,11,13,16-17,19-20,22-23,25-26,28-29,31-32,34,36,43,45,49-51,53-56,58-59,61-63H,3-4,6,8-10,12,14-15,18,21,24,27,30,33,35,37-42,44,46-48H2,1-2H3,(H,57,60)/b7-5-,13-11-,17-16-,20-19-,23-22-,26-25-,29-28-,32-31-,36-34-,45-43+. The summed E-state index contributed by atoms with van der Waals surface area (Å²) in [5.74, 6) is -0.217. The third-order valence-electron chi connectivity index (χ3n) is 11.0. The number of rotatable bonds is 40. The molecule has 0 saturated carbocycles. The fourth-order valence-corrected chi connectivity index (χ4v) is 7.03. The molecule has 0 aromatic heterocycles. The molecule has 0 spiro atoms. The Labute approximate surface area is 395 Å². The zero-order chi connectivity index (χ0) is 47.3. The third kappa shape index (κ3) is 34.5. The number of allylic oxidation sites excluding steroid dienone is 19. The van der Waals surface area contributed by atoms with E-state index in [1.54, 1.807) is 6.08 Å². The molecule has 0 aromatic carbocycles. The van der Waals surface area contributed by atoms with E-state index >= 15 is 0 Å². The summed E-state index contributed by atoms with van der Waals surface area (Å²) in [5, 5.41) is 54.2.